The molecule has 3 rings (SSSR count). The molecule has 5 heteroatoms. The van der Waals surface area contributed by atoms with E-state index in [9.17, 15) is 4.79 Å². The average molecular weight is 261 g/mol. The first-order valence-corrected chi connectivity index (χ1v) is 6.76. The first kappa shape index (κ1) is 12.4. The van der Waals surface area contributed by atoms with Gasteiger partial charge in [-0.1, -0.05) is 0 Å². The van der Waals surface area contributed by atoms with Gasteiger partial charge in [0.2, 0.25) is 11.8 Å². The minimum Gasteiger partial charge on any atom is -0.473 e. The van der Waals surface area contributed by atoms with Crippen molar-refractivity contribution in [3.63, 3.8) is 0 Å². The number of carbonyl (C=O) groups is 1. The third kappa shape index (κ3) is 2.56. The van der Waals surface area contributed by atoms with E-state index in [1.54, 1.807) is 11.8 Å². The lowest BCUT2D eigenvalue weighted by atomic mass is 10.2. The van der Waals surface area contributed by atoms with E-state index in [1.165, 1.54) is 0 Å². The van der Waals surface area contributed by atoms with Crippen LogP contribution in [-0.2, 0) is 17.9 Å². The van der Waals surface area contributed by atoms with E-state index in [4.69, 9.17) is 4.74 Å². The van der Waals surface area contributed by atoms with Crippen LogP contribution in [0.5, 0.6) is 5.88 Å². The number of nitrogens with zero attached hydrogens (tertiary/aromatic N) is 2. The molecule has 0 aliphatic carbocycles. The Labute approximate surface area is 113 Å². The molecule has 3 heterocycles. The highest BCUT2D eigenvalue weighted by Gasteiger charge is 2.25. The molecule has 0 spiro atoms. The van der Waals surface area contributed by atoms with E-state index < -0.39 is 0 Å². The van der Waals surface area contributed by atoms with Crippen LogP contribution in [0.3, 0.4) is 0 Å². The molecule has 2 atom stereocenters. The summed E-state index contributed by atoms with van der Waals surface area (Å²) < 4.78 is 5.89. The van der Waals surface area contributed by atoms with Crippen molar-refractivity contribution in [2.45, 2.75) is 45.5 Å². The number of carbonyl (C=O) groups excluding carboxylic acids is 1. The van der Waals surface area contributed by atoms with E-state index in [2.05, 4.69) is 17.2 Å². The van der Waals surface area contributed by atoms with E-state index in [-0.39, 0.29) is 12.0 Å². The van der Waals surface area contributed by atoms with Crippen molar-refractivity contribution in [3.8, 4) is 5.88 Å². The number of hydrogen-bond acceptors (Lipinski definition) is 4. The van der Waals surface area contributed by atoms with E-state index >= 15 is 0 Å². The largest absolute Gasteiger partial charge is 0.473 e. The molecule has 1 aromatic heterocycles. The van der Waals surface area contributed by atoms with Gasteiger partial charge >= 0.3 is 0 Å². The van der Waals surface area contributed by atoms with Crippen LogP contribution in [0.1, 0.15) is 31.5 Å². The summed E-state index contributed by atoms with van der Waals surface area (Å²) in [6, 6.07) is 4.44. The van der Waals surface area contributed by atoms with Gasteiger partial charge in [0.25, 0.3) is 0 Å². The second-order valence-corrected chi connectivity index (χ2v) is 5.42. The van der Waals surface area contributed by atoms with Gasteiger partial charge in [0.05, 0.1) is 12.2 Å². The minimum atomic E-state index is 0.0919. The molecule has 0 radical (unpaired) electrons. The molecule has 19 heavy (non-hydrogen) atoms. The second-order valence-electron chi connectivity index (χ2n) is 5.42. The lowest BCUT2D eigenvalue weighted by Gasteiger charge is -2.12. The molecule has 2 aliphatic rings. The molecule has 1 fully saturated rings. The minimum absolute atomic E-state index is 0.0919. The van der Waals surface area contributed by atoms with E-state index in [0.29, 0.717) is 25.0 Å². The van der Waals surface area contributed by atoms with Gasteiger partial charge in [0.1, 0.15) is 6.10 Å². The van der Waals surface area contributed by atoms with Gasteiger partial charge in [0.15, 0.2) is 0 Å². The van der Waals surface area contributed by atoms with E-state index in [1.807, 2.05) is 12.1 Å². The van der Waals surface area contributed by atoms with Crippen molar-refractivity contribution in [2.24, 2.45) is 0 Å². The molecule has 1 saturated heterocycles. The first-order chi connectivity index (χ1) is 9.11. The fourth-order valence-electron chi connectivity index (χ4n) is 2.68. The zero-order chi connectivity index (χ0) is 13.4. The number of aromatic nitrogens is 1. The quantitative estimate of drug-likeness (QED) is 0.865. The van der Waals surface area contributed by atoms with Crippen LogP contribution in [0.15, 0.2) is 12.1 Å². The topological polar surface area (TPSA) is 54.5 Å². The molecule has 0 unspecified atom stereocenters. The smallest absolute Gasteiger partial charge is 0.220 e. The summed E-state index contributed by atoms with van der Waals surface area (Å²) >= 11 is 0. The molecule has 1 aromatic rings. The summed E-state index contributed by atoms with van der Waals surface area (Å²) in [6.45, 7) is 5.89. The predicted molar refractivity (Wildman–Crippen MR) is 70.7 cm³/mol. The highest BCUT2D eigenvalue weighted by Crippen LogP contribution is 2.24. The van der Waals surface area contributed by atoms with Crippen LogP contribution in [0.2, 0.25) is 0 Å². The maximum atomic E-state index is 11.4. The summed E-state index contributed by atoms with van der Waals surface area (Å²) in [5.74, 6) is 0.763. The standard InChI is InChI=1S/C14H19N3O2/c1-9-5-12(6-15-9)19-14-4-3-11-7-17(10(2)18)8-13(11)16-14/h3-4,9,12,15H,5-8H2,1-2H3/t9-,12+/m0/s1. The number of amides is 1. The molecule has 0 bridgehead atoms. The number of pyridine rings is 1. The third-order valence-corrected chi connectivity index (χ3v) is 3.79. The summed E-state index contributed by atoms with van der Waals surface area (Å²) in [5.41, 5.74) is 2.09. The molecule has 1 N–H and O–H groups in total. The van der Waals surface area contributed by atoms with Crippen LogP contribution >= 0.6 is 0 Å². The Morgan fingerprint density at radius 1 is 1.47 bits per heavy atom. The summed E-state index contributed by atoms with van der Waals surface area (Å²) in [6.07, 6.45) is 1.21. The molecule has 1 amide bonds. The molecule has 5 nitrogen and oxygen atoms in total. The van der Waals surface area contributed by atoms with Crippen molar-refractivity contribution >= 4 is 5.91 Å². The summed E-state index contributed by atoms with van der Waals surface area (Å²) in [5, 5.41) is 3.36. The molecule has 2 aliphatic heterocycles. The van der Waals surface area contributed by atoms with Crippen LogP contribution in [0, 0.1) is 0 Å². The fourth-order valence-corrected chi connectivity index (χ4v) is 2.68. The molecular formula is C14H19N3O2. The third-order valence-electron chi connectivity index (χ3n) is 3.79. The van der Waals surface area contributed by atoms with Crippen molar-refractivity contribution in [1.82, 2.24) is 15.2 Å². The lowest BCUT2D eigenvalue weighted by molar-refractivity contribution is -0.129. The van der Waals surface area contributed by atoms with Gasteiger partial charge in [-0.05, 0) is 18.6 Å². The highest BCUT2D eigenvalue weighted by molar-refractivity contribution is 5.73. The van der Waals surface area contributed by atoms with Crippen LogP contribution in [0.25, 0.3) is 0 Å². The molecule has 0 saturated carbocycles. The zero-order valence-electron chi connectivity index (χ0n) is 11.3. The number of fused-ring (bicyclic) bond motifs is 1. The normalized spacial score (nSPS) is 25.5. The molecule has 0 aromatic carbocycles. The SMILES string of the molecule is CC(=O)N1Cc2ccc(O[C@H]3CN[C@@H](C)C3)nc2C1. The maximum Gasteiger partial charge on any atom is 0.220 e. The molecular weight excluding hydrogens is 242 g/mol. The van der Waals surface area contributed by atoms with Crippen molar-refractivity contribution in [2.75, 3.05) is 6.54 Å². The van der Waals surface area contributed by atoms with Crippen molar-refractivity contribution < 1.29 is 9.53 Å². The van der Waals surface area contributed by atoms with Crippen molar-refractivity contribution in [3.05, 3.63) is 23.4 Å². The number of nitrogens with one attached hydrogen (secondary N) is 1. The Morgan fingerprint density at radius 3 is 3.00 bits per heavy atom. The number of hydrogen-bond donors (Lipinski definition) is 1. The Hall–Kier alpha value is -1.62. The lowest BCUT2D eigenvalue weighted by Crippen LogP contribution is -2.22. The Balaban J connectivity index is 1.70. The second kappa shape index (κ2) is 4.81. The van der Waals surface area contributed by atoms with E-state index in [0.717, 1.165) is 24.2 Å². The zero-order valence-corrected chi connectivity index (χ0v) is 11.3. The predicted octanol–water partition coefficient (Wildman–Crippen LogP) is 1.07. The Morgan fingerprint density at radius 2 is 2.32 bits per heavy atom. The van der Waals surface area contributed by atoms with Gasteiger partial charge in [-0.25, -0.2) is 4.98 Å². The van der Waals surface area contributed by atoms with Gasteiger partial charge in [-0.2, -0.15) is 0 Å². The van der Waals surface area contributed by atoms with Crippen molar-refractivity contribution in [1.29, 1.82) is 0 Å². The van der Waals surface area contributed by atoms with Gasteiger partial charge in [-0.15, -0.1) is 0 Å². The number of ether oxygens (including phenoxy) is 1. The van der Waals surface area contributed by atoms with Crippen LogP contribution in [-0.4, -0.2) is 34.5 Å². The average Bonchev–Trinajstić information content (AvgIpc) is 2.95. The monoisotopic (exact) mass is 261 g/mol. The van der Waals surface area contributed by atoms with Gasteiger partial charge < -0.3 is 15.0 Å². The Kier molecular flexibility index (Phi) is 3.14. The fraction of sp³-hybridized carbons (Fsp3) is 0.571. The summed E-state index contributed by atoms with van der Waals surface area (Å²) in [7, 11) is 0. The Bertz CT molecular complexity index is 503. The number of rotatable bonds is 2. The van der Waals surface area contributed by atoms with Gasteiger partial charge in [-0.3, -0.25) is 4.79 Å². The van der Waals surface area contributed by atoms with Gasteiger partial charge in [0, 0.05) is 38.5 Å². The highest BCUT2D eigenvalue weighted by atomic mass is 16.5. The van der Waals surface area contributed by atoms with Crippen LogP contribution < -0.4 is 10.1 Å². The maximum absolute atomic E-state index is 11.4. The molecule has 102 valence electrons. The van der Waals surface area contributed by atoms with Crippen LogP contribution in [0.4, 0.5) is 0 Å². The first-order valence-electron chi connectivity index (χ1n) is 6.76. The summed E-state index contributed by atoms with van der Waals surface area (Å²) in [4.78, 5) is 17.7.